The predicted octanol–water partition coefficient (Wildman–Crippen LogP) is 2.09. The zero-order valence-corrected chi connectivity index (χ0v) is 13.2. The molecule has 5 heteroatoms. The highest BCUT2D eigenvalue weighted by Crippen LogP contribution is 2.14. The first kappa shape index (κ1) is 15.5. The van der Waals surface area contributed by atoms with Gasteiger partial charge in [-0.15, -0.1) is 5.10 Å². The third-order valence-corrected chi connectivity index (χ3v) is 3.59. The number of nitrogens with one attached hydrogen (secondary N) is 1. The lowest BCUT2D eigenvalue weighted by molar-refractivity contribution is 0.587. The fourth-order valence-electron chi connectivity index (χ4n) is 2.15. The highest BCUT2D eigenvalue weighted by Gasteiger charge is 2.03. The Morgan fingerprint density at radius 3 is 2.62 bits per heavy atom. The first-order valence-corrected chi connectivity index (χ1v) is 7.62. The van der Waals surface area contributed by atoms with Crippen LogP contribution in [0.2, 0.25) is 0 Å². The summed E-state index contributed by atoms with van der Waals surface area (Å²) in [7, 11) is 2.11. The van der Waals surface area contributed by atoms with E-state index in [1.807, 2.05) is 10.9 Å². The van der Waals surface area contributed by atoms with Crippen molar-refractivity contribution in [2.45, 2.75) is 33.4 Å². The standard InChI is InChI=1S/C16H25N5/c1-4-14-6-8-16(9-7-14)20(3)10-11-21-13-15(18-19-21)12-17-5-2/h6-9,13,17H,4-5,10-12H2,1-3H3. The lowest BCUT2D eigenvalue weighted by Gasteiger charge is -2.19. The Hall–Kier alpha value is -1.88. The van der Waals surface area contributed by atoms with Crippen molar-refractivity contribution in [2.75, 3.05) is 25.0 Å². The van der Waals surface area contributed by atoms with E-state index in [-0.39, 0.29) is 0 Å². The summed E-state index contributed by atoms with van der Waals surface area (Å²) in [6.45, 7) is 7.74. The van der Waals surface area contributed by atoms with Gasteiger partial charge in [0.15, 0.2) is 0 Å². The highest BCUT2D eigenvalue weighted by molar-refractivity contribution is 5.46. The Balaban J connectivity index is 1.85. The van der Waals surface area contributed by atoms with Crippen LogP contribution in [0.25, 0.3) is 0 Å². The molecule has 21 heavy (non-hydrogen) atoms. The molecule has 1 aromatic carbocycles. The molecule has 1 N–H and O–H groups in total. The Bertz CT molecular complexity index is 532. The van der Waals surface area contributed by atoms with Gasteiger partial charge in [-0.05, 0) is 30.7 Å². The molecule has 1 heterocycles. The van der Waals surface area contributed by atoms with Crippen molar-refractivity contribution in [1.82, 2.24) is 20.3 Å². The van der Waals surface area contributed by atoms with Crippen molar-refractivity contribution in [2.24, 2.45) is 0 Å². The molecular formula is C16H25N5. The number of aromatic nitrogens is 3. The summed E-state index contributed by atoms with van der Waals surface area (Å²) in [5.74, 6) is 0. The maximum atomic E-state index is 4.16. The quantitative estimate of drug-likeness (QED) is 0.807. The summed E-state index contributed by atoms with van der Waals surface area (Å²) in [4.78, 5) is 2.24. The molecule has 0 bridgehead atoms. The van der Waals surface area contributed by atoms with Crippen LogP contribution in [-0.4, -0.2) is 35.1 Å². The van der Waals surface area contributed by atoms with E-state index in [0.29, 0.717) is 0 Å². The summed E-state index contributed by atoms with van der Waals surface area (Å²) >= 11 is 0. The van der Waals surface area contributed by atoms with Crippen molar-refractivity contribution in [3.8, 4) is 0 Å². The number of rotatable bonds is 8. The van der Waals surface area contributed by atoms with Crippen LogP contribution in [0, 0.1) is 0 Å². The molecule has 0 spiro atoms. The zero-order chi connectivity index (χ0) is 15.1. The molecule has 0 atom stereocenters. The molecule has 114 valence electrons. The van der Waals surface area contributed by atoms with Gasteiger partial charge in [0.25, 0.3) is 0 Å². The summed E-state index contributed by atoms with van der Waals surface area (Å²) in [6, 6.07) is 8.74. The number of hydrogen-bond acceptors (Lipinski definition) is 4. The maximum Gasteiger partial charge on any atom is 0.0964 e. The fraction of sp³-hybridized carbons (Fsp3) is 0.500. The van der Waals surface area contributed by atoms with E-state index in [0.717, 1.165) is 38.3 Å². The molecule has 2 aromatic rings. The van der Waals surface area contributed by atoms with Gasteiger partial charge >= 0.3 is 0 Å². The van der Waals surface area contributed by atoms with Crippen LogP contribution in [0.4, 0.5) is 5.69 Å². The van der Waals surface area contributed by atoms with E-state index in [4.69, 9.17) is 0 Å². The van der Waals surface area contributed by atoms with Gasteiger partial charge in [-0.1, -0.05) is 31.2 Å². The van der Waals surface area contributed by atoms with Crippen LogP contribution in [0.3, 0.4) is 0 Å². The topological polar surface area (TPSA) is 46.0 Å². The molecule has 0 saturated heterocycles. The fourth-order valence-corrected chi connectivity index (χ4v) is 2.15. The van der Waals surface area contributed by atoms with Gasteiger partial charge in [0.2, 0.25) is 0 Å². The molecule has 0 amide bonds. The maximum absolute atomic E-state index is 4.16. The minimum atomic E-state index is 0.783. The van der Waals surface area contributed by atoms with Gasteiger partial charge in [0.1, 0.15) is 0 Å². The number of likely N-dealkylation sites (N-methyl/N-ethyl adjacent to an activating group) is 1. The van der Waals surface area contributed by atoms with Crippen molar-refractivity contribution >= 4 is 5.69 Å². The second-order valence-electron chi connectivity index (χ2n) is 5.19. The molecule has 0 aliphatic rings. The summed E-state index contributed by atoms with van der Waals surface area (Å²) < 4.78 is 1.91. The van der Waals surface area contributed by atoms with Gasteiger partial charge in [-0.25, -0.2) is 0 Å². The third-order valence-electron chi connectivity index (χ3n) is 3.59. The van der Waals surface area contributed by atoms with Crippen LogP contribution >= 0.6 is 0 Å². The average molecular weight is 287 g/mol. The first-order valence-electron chi connectivity index (χ1n) is 7.62. The van der Waals surface area contributed by atoms with Crippen molar-refractivity contribution < 1.29 is 0 Å². The number of hydrogen-bond donors (Lipinski definition) is 1. The second-order valence-corrected chi connectivity index (χ2v) is 5.19. The number of aryl methyl sites for hydroxylation is 1. The molecule has 0 unspecified atom stereocenters. The normalized spacial score (nSPS) is 10.8. The zero-order valence-electron chi connectivity index (χ0n) is 13.2. The predicted molar refractivity (Wildman–Crippen MR) is 86.5 cm³/mol. The van der Waals surface area contributed by atoms with Crippen LogP contribution < -0.4 is 10.2 Å². The first-order chi connectivity index (χ1) is 10.2. The van der Waals surface area contributed by atoms with Crippen LogP contribution in [0.15, 0.2) is 30.5 Å². The molecule has 0 radical (unpaired) electrons. The monoisotopic (exact) mass is 287 g/mol. The van der Waals surface area contributed by atoms with E-state index >= 15 is 0 Å². The largest absolute Gasteiger partial charge is 0.373 e. The molecule has 0 aliphatic carbocycles. The second kappa shape index (κ2) is 7.78. The van der Waals surface area contributed by atoms with Crippen molar-refractivity contribution in [1.29, 1.82) is 0 Å². The van der Waals surface area contributed by atoms with Gasteiger partial charge in [0.05, 0.1) is 12.2 Å². The van der Waals surface area contributed by atoms with E-state index < -0.39 is 0 Å². The Morgan fingerprint density at radius 1 is 1.19 bits per heavy atom. The van der Waals surface area contributed by atoms with Crippen molar-refractivity contribution in [3.05, 3.63) is 41.7 Å². The Kier molecular flexibility index (Phi) is 5.75. The van der Waals surface area contributed by atoms with E-state index in [2.05, 4.69) is 65.7 Å². The Morgan fingerprint density at radius 2 is 1.95 bits per heavy atom. The SMILES string of the molecule is CCNCc1cn(CCN(C)c2ccc(CC)cc2)nn1. The van der Waals surface area contributed by atoms with Gasteiger partial charge in [-0.3, -0.25) is 4.68 Å². The molecule has 1 aromatic heterocycles. The Labute approximate surface area is 127 Å². The lowest BCUT2D eigenvalue weighted by Crippen LogP contribution is -2.22. The van der Waals surface area contributed by atoms with E-state index in [1.165, 1.54) is 11.3 Å². The van der Waals surface area contributed by atoms with E-state index in [1.54, 1.807) is 0 Å². The van der Waals surface area contributed by atoms with Crippen LogP contribution in [0.5, 0.6) is 0 Å². The number of benzene rings is 1. The number of anilines is 1. The summed E-state index contributed by atoms with van der Waals surface area (Å²) in [5, 5.41) is 11.6. The van der Waals surface area contributed by atoms with Crippen molar-refractivity contribution in [3.63, 3.8) is 0 Å². The summed E-state index contributed by atoms with van der Waals surface area (Å²) in [6.07, 6.45) is 3.09. The van der Waals surface area contributed by atoms with E-state index in [9.17, 15) is 0 Å². The molecule has 0 saturated carbocycles. The van der Waals surface area contributed by atoms with Crippen LogP contribution in [-0.2, 0) is 19.5 Å². The lowest BCUT2D eigenvalue weighted by atomic mass is 10.1. The number of nitrogens with zero attached hydrogens (tertiary/aromatic N) is 4. The average Bonchev–Trinajstić information content (AvgIpc) is 2.98. The minimum Gasteiger partial charge on any atom is -0.373 e. The van der Waals surface area contributed by atoms with Gasteiger partial charge in [0, 0.05) is 32.0 Å². The highest BCUT2D eigenvalue weighted by atomic mass is 15.4. The summed E-state index contributed by atoms with van der Waals surface area (Å²) in [5.41, 5.74) is 3.60. The molecular weight excluding hydrogens is 262 g/mol. The molecule has 2 rings (SSSR count). The van der Waals surface area contributed by atoms with Crippen LogP contribution in [0.1, 0.15) is 25.1 Å². The third kappa shape index (κ3) is 4.56. The minimum absolute atomic E-state index is 0.783. The molecule has 0 aliphatic heterocycles. The smallest absolute Gasteiger partial charge is 0.0964 e. The van der Waals surface area contributed by atoms with Gasteiger partial charge < -0.3 is 10.2 Å². The molecule has 5 nitrogen and oxygen atoms in total. The molecule has 0 fully saturated rings. The van der Waals surface area contributed by atoms with Gasteiger partial charge in [-0.2, -0.15) is 0 Å².